The van der Waals surface area contributed by atoms with E-state index in [1.54, 1.807) is 19.1 Å². The first-order valence-electron chi connectivity index (χ1n) is 8.48. The lowest BCUT2D eigenvalue weighted by atomic mass is 10.1. The molecule has 1 heterocycles. The standard InChI is InChI=1S/C20H17FN2O3S2/c1-2-26-19(25)18-17(13-6-4-3-5-7-13)23-20(28-18)22-16(24)12-27-15-10-8-14(21)9-11-15/h3-11H,2,12H2,1H3,(H,22,23,24). The van der Waals surface area contributed by atoms with Gasteiger partial charge in [-0.1, -0.05) is 41.7 Å². The van der Waals surface area contributed by atoms with E-state index in [4.69, 9.17) is 4.74 Å². The maximum atomic E-state index is 12.9. The summed E-state index contributed by atoms with van der Waals surface area (Å²) < 4.78 is 18.0. The van der Waals surface area contributed by atoms with Gasteiger partial charge in [0.05, 0.1) is 18.1 Å². The van der Waals surface area contributed by atoms with Crippen LogP contribution in [0.15, 0.2) is 59.5 Å². The second kappa shape index (κ2) is 9.48. The molecule has 0 radical (unpaired) electrons. The van der Waals surface area contributed by atoms with Gasteiger partial charge in [-0.3, -0.25) is 4.79 Å². The number of rotatable bonds is 7. The fourth-order valence-electron chi connectivity index (χ4n) is 2.34. The number of carbonyl (C=O) groups excluding carboxylic acids is 2. The van der Waals surface area contributed by atoms with Crippen molar-refractivity contribution in [3.8, 4) is 11.3 Å². The van der Waals surface area contributed by atoms with Crippen LogP contribution in [0.25, 0.3) is 11.3 Å². The van der Waals surface area contributed by atoms with Gasteiger partial charge in [0, 0.05) is 10.5 Å². The first kappa shape index (κ1) is 20.0. The quantitative estimate of drug-likeness (QED) is 0.440. The Labute approximate surface area is 170 Å². The zero-order valence-corrected chi connectivity index (χ0v) is 16.6. The van der Waals surface area contributed by atoms with Crippen molar-refractivity contribution in [2.75, 3.05) is 17.7 Å². The number of aromatic nitrogens is 1. The Morgan fingerprint density at radius 2 is 1.86 bits per heavy atom. The van der Waals surface area contributed by atoms with Gasteiger partial charge < -0.3 is 10.1 Å². The number of esters is 1. The van der Waals surface area contributed by atoms with Crippen LogP contribution in [0, 0.1) is 5.82 Å². The van der Waals surface area contributed by atoms with Gasteiger partial charge in [-0.15, -0.1) is 11.8 Å². The zero-order chi connectivity index (χ0) is 19.9. The van der Waals surface area contributed by atoms with Crippen molar-refractivity contribution in [1.29, 1.82) is 0 Å². The van der Waals surface area contributed by atoms with Gasteiger partial charge in [0.25, 0.3) is 0 Å². The molecular formula is C20H17FN2O3S2. The summed E-state index contributed by atoms with van der Waals surface area (Å²) in [6, 6.07) is 15.2. The van der Waals surface area contributed by atoms with Gasteiger partial charge in [-0.2, -0.15) is 0 Å². The van der Waals surface area contributed by atoms with Gasteiger partial charge in [0.1, 0.15) is 10.7 Å². The minimum atomic E-state index is -0.472. The molecule has 0 saturated carbocycles. The Morgan fingerprint density at radius 1 is 1.14 bits per heavy atom. The Morgan fingerprint density at radius 3 is 2.54 bits per heavy atom. The van der Waals surface area contributed by atoms with Crippen LogP contribution in [0.4, 0.5) is 9.52 Å². The number of amides is 1. The lowest BCUT2D eigenvalue weighted by Gasteiger charge is -2.02. The van der Waals surface area contributed by atoms with Gasteiger partial charge >= 0.3 is 5.97 Å². The second-order valence-corrected chi connectivity index (χ2v) is 7.62. The van der Waals surface area contributed by atoms with E-state index in [0.717, 1.165) is 21.8 Å². The Bertz CT molecular complexity index is 959. The summed E-state index contributed by atoms with van der Waals surface area (Å²) in [4.78, 5) is 30.1. The molecule has 0 unspecified atom stereocenters. The van der Waals surface area contributed by atoms with Crippen LogP contribution in [-0.2, 0) is 9.53 Å². The molecule has 0 saturated heterocycles. The maximum absolute atomic E-state index is 12.9. The molecule has 1 aromatic heterocycles. The van der Waals surface area contributed by atoms with Crippen molar-refractivity contribution >= 4 is 40.1 Å². The van der Waals surface area contributed by atoms with Crippen LogP contribution < -0.4 is 5.32 Å². The predicted octanol–water partition coefficient (Wildman–Crippen LogP) is 4.86. The third-order valence-electron chi connectivity index (χ3n) is 3.57. The molecule has 2 aromatic carbocycles. The molecule has 1 N–H and O–H groups in total. The highest BCUT2D eigenvalue weighted by molar-refractivity contribution is 8.00. The molecule has 0 bridgehead atoms. The van der Waals surface area contributed by atoms with Crippen LogP contribution in [0.1, 0.15) is 16.6 Å². The highest BCUT2D eigenvalue weighted by Gasteiger charge is 2.21. The average Bonchev–Trinajstić information content (AvgIpc) is 3.12. The molecule has 0 aliphatic heterocycles. The Kier molecular flexibility index (Phi) is 6.78. The van der Waals surface area contributed by atoms with Gasteiger partial charge in [-0.25, -0.2) is 14.2 Å². The molecule has 1 amide bonds. The maximum Gasteiger partial charge on any atom is 0.350 e. The van der Waals surface area contributed by atoms with Crippen molar-refractivity contribution in [3.63, 3.8) is 0 Å². The number of carbonyl (C=O) groups is 2. The van der Waals surface area contributed by atoms with Crippen molar-refractivity contribution in [1.82, 2.24) is 4.98 Å². The number of thioether (sulfide) groups is 1. The minimum Gasteiger partial charge on any atom is -0.462 e. The SMILES string of the molecule is CCOC(=O)c1sc(NC(=O)CSc2ccc(F)cc2)nc1-c1ccccc1. The van der Waals surface area contributed by atoms with Crippen LogP contribution >= 0.6 is 23.1 Å². The second-order valence-electron chi connectivity index (χ2n) is 5.57. The molecule has 3 aromatic rings. The number of hydrogen-bond acceptors (Lipinski definition) is 6. The average molecular weight is 416 g/mol. The summed E-state index contributed by atoms with van der Waals surface area (Å²) in [5, 5.41) is 3.04. The van der Waals surface area contributed by atoms with Crippen LogP contribution in [-0.4, -0.2) is 29.2 Å². The third-order valence-corrected chi connectivity index (χ3v) is 5.53. The van der Waals surface area contributed by atoms with Crippen molar-refractivity contribution in [3.05, 3.63) is 65.3 Å². The summed E-state index contributed by atoms with van der Waals surface area (Å²) in [5.74, 6) is -0.921. The third kappa shape index (κ3) is 5.17. The molecule has 0 aliphatic rings. The van der Waals surface area contributed by atoms with E-state index in [0.29, 0.717) is 15.7 Å². The van der Waals surface area contributed by atoms with E-state index in [9.17, 15) is 14.0 Å². The van der Waals surface area contributed by atoms with Crippen LogP contribution in [0.5, 0.6) is 0 Å². The molecule has 8 heteroatoms. The molecule has 3 rings (SSSR count). The molecule has 0 fully saturated rings. The number of nitrogens with zero attached hydrogens (tertiary/aromatic N) is 1. The highest BCUT2D eigenvalue weighted by atomic mass is 32.2. The molecule has 0 spiro atoms. The minimum absolute atomic E-state index is 0.140. The van der Waals surface area contributed by atoms with Crippen LogP contribution in [0.3, 0.4) is 0 Å². The van der Waals surface area contributed by atoms with Crippen molar-refractivity contribution in [2.45, 2.75) is 11.8 Å². The summed E-state index contributed by atoms with van der Waals surface area (Å²) in [7, 11) is 0. The number of halogens is 1. The van der Waals surface area contributed by atoms with E-state index in [-0.39, 0.29) is 24.1 Å². The molecule has 0 atom stereocenters. The van der Waals surface area contributed by atoms with Crippen LogP contribution in [0.2, 0.25) is 0 Å². The predicted molar refractivity (Wildman–Crippen MR) is 109 cm³/mol. The number of thiazole rings is 1. The summed E-state index contributed by atoms with van der Waals surface area (Å²) in [6.07, 6.45) is 0. The summed E-state index contributed by atoms with van der Waals surface area (Å²) >= 11 is 2.36. The smallest absolute Gasteiger partial charge is 0.350 e. The number of ether oxygens (including phenoxy) is 1. The lowest BCUT2D eigenvalue weighted by molar-refractivity contribution is -0.113. The molecule has 144 valence electrons. The number of hydrogen-bond donors (Lipinski definition) is 1. The van der Waals surface area contributed by atoms with Crippen molar-refractivity contribution in [2.24, 2.45) is 0 Å². The van der Waals surface area contributed by atoms with Gasteiger partial charge in [0.2, 0.25) is 5.91 Å². The molecule has 5 nitrogen and oxygen atoms in total. The molecular weight excluding hydrogens is 399 g/mol. The van der Waals surface area contributed by atoms with E-state index < -0.39 is 5.97 Å². The van der Waals surface area contributed by atoms with E-state index in [2.05, 4.69) is 10.3 Å². The number of nitrogens with one attached hydrogen (secondary N) is 1. The Hall–Kier alpha value is -2.71. The lowest BCUT2D eigenvalue weighted by Crippen LogP contribution is -2.13. The molecule has 0 aliphatic carbocycles. The normalized spacial score (nSPS) is 10.5. The Balaban J connectivity index is 1.73. The van der Waals surface area contributed by atoms with Gasteiger partial charge in [0.15, 0.2) is 5.13 Å². The van der Waals surface area contributed by atoms with E-state index in [1.165, 1.54) is 23.9 Å². The van der Waals surface area contributed by atoms with Crippen molar-refractivity contribution < 1.29 is 18.7 Å². The number of anilines is 1. The first-order valence-corrected chi connectivity index (χ1v) is 10.3. The monoisotopic (exact) mass is 416 g/mol. The largest absolute Gasteiger partial charge is 0.462 e. The summed E-state index contributed by atoms with van der Waals surface area (Å²) in [5.41, 5.74) is 1.24. The number of benzene rings is 2. The van der Waals surface area contributed by atoms with E-state index in [1.807, 2.05) is 30.3 Å². The fourth-order valence-corrected chi connectivity index (χ4v) is 3.93. The fraction of sp³-hybridized carbons (Fsp3) is 0.150. The molecule has 28 heavy (non-hydrogen) atoms. The zero-order valence-electron chi connectivity index (χ0n) is 15.0. The first-order chi connectivity index (χ1) is 13.6. The van der Waals surface area contributed by atoms with E-state index >= 15 is 0 Å². The highest BCUT2D eigenvalue weighted by Crippen LogP contribution is 2.32. The topological polar surface area (TPSA) is 68.3 Å². The summed E-state index contributed by atoms with van der Waals surface area (Å²) in [6.45, 7) is 1.98. The van der Waals surface area contributed by atoms with Gasteiger partial charge in [-0.05, 0) is 31.2 Å².